The topological polar surface area (TPSA) is 38.2 Å². The molecular weight excluding hydrogens is 238 g/mol. The lowest BCUT2D eigenvalue weighted by atomic mass is 9.92. The van der Waals surface area contributed by atoms with Crippen LogP contribution in [0, 0.1) is 23.7 Å². The van der Waals surface area contributed by atoms with E-state index in [9.17, 15) is 0 Å². The minimum atomic E-state index is 0.375. The Kier molecular flexibility index (Phi) is 4.62. The van der Waals surface area contributed by atoms with Crippen molar-refractivity contribution in [2.75, 3.05) is 24.6 Å². The average molecular weight is 259 g/mol. The fraction of sp³-hybridized carbons (Fsp3) is 0.600. The van der Waals surface area contributed by atoms with Crippen molar-refractivity contribution in [2.24, 2.45) is 11.8 Å². The van der Waals surface area contributed by atoms with Crippen molar-refractivity contribution in [2.45, 2.75) is 27.2 Å². The summed E-state index contributed by atoms with van der Waals surface area (Å²) in [4.78, 5) is 10.8. The van der Waals surface area contributed by atoms with Crippen molar-refractivity contribution in [3.05, 3.63) is 12.4 Å². The maximum absolute atomic E-state index is 5.48. The molecule has 102 valence electrons. The standard InChI is InChI=1S/C15H21N3O/c1-4-5-6-19-15-8-14(16-11-17-15)18-9-12(2)7-13(3)10-18/h8,11-13H,6-7,9-10H2,1-3H3/t12-,13-/m1/s1. The molecule has 1 aromatic rings. The van der Waals surface area contributed by atoms with Crippen LogP contribution in [0.3, 0.4) is 0 Å². The van der Waals surface area contributed by atoms with Gasteiger partial charge in [0.1, 0.15) is 12.1 Å². The van der Waals surface area contributed by atoms with Crippen molar-refractivity contribution < 1.29 is 4.74 Å². The summed E-state index contributed by atoms with van der Waals surface area (Å²) in [6.07, 6.45) is 2.85. The molecule has 0 radical (unpaired) electrons. The van der Waals surface area contributed by atoms with Gasteiger partial charge in [-0.1, -0.05) is 19.8 Å². The van der Waals surface area contributed by atoms with Crippen molar-refractivity contribution in [1.29, 1.82) is 0 Å². The smallest absolute Gasteiger partial charge is 0.219 e. The summed E-state index contributed by atoms with van der Waals surface area (Å²) in [6, 6.07) is 1.90. The third kappa shape index (κ3) is 3.85. The van der Waals surface area contributed by atoms with E-state index in [4.69, 9.17) is 4.74 Å². The molecular formula is C15H21N3O. The molecule has 4 heteroatoms. The van der Waals surface area contributed by atoms with Crippen LogP contribution in [0.2, 0.25) is 0 Å². The zero-order valence-electron chi connectivity index (χ0n) is 11.9. The van der Waals surface area contributed by atoms with Gasteiger partial charge in [-0.2, -0.15) is 0 Å². The van der Waals surface area contributed by atoms with Gasteiger partial charge in [-0.3, -0.25) is 0 Å². The summed E-state index contributed by atoms with van der Waals surface area (Å²) in [7, 11) is 0. The van der Waals surface area contributed by atoms with Crippen LogP contribution in [0.4, 0.5) is 5.82 Å². The highest BCUT2D eigenvalue weighted by Gasteiger charge is 2.23. The SMILES string of the molecule is CC#CCOc1cc(N2C[C@H](C)C[C@@H](C)C2)ncn1. The van der Waals surface area contributed by atoms with Gasteiger partial charge in [0, 0.05) is 19.2 Å². The molecule has 0 spiro atoms. The molecule has 1 fully saturated rings. The number of piperidine rings is 1. The van der Waals surface area contributed by atoms with E-state index >= 15 is 0 Å². The molecule has 0 saturated carbocycles. The molecule has 1 aliphatic rings. The van der Waals surface area contributed by atoms with Crippen molar-refractivity contribution in [3.63, 3.8) is 0 Å². The fourth-order valence-electron chi connectivity index (χ4n) is 2.61. The maximum atomic E-state index is 5.48. The van der Waals surface area contributed by atoms with Crippen LogP contribution in [0.25, 0.3) is 0 Å². The van der Waals surface area contributed by atoms with Crippen molar-refractivity contribution in [1.82, 2.24) is 9.97 Å². The normalized spacial score (nSPS) is 22.6. The first kappa shape index (κ1) is 13.7. The largest absolute Gasteiger partial charge is 0.464 e. The molecule has 0 N–H and O–H groups in total. The molecule has 2 rings (SSSR count). The van der Waals surface area contributed by atoms with Crippen LogP contribution in [-0.2, 0) is 0 Å². The molecule has 2 atom stereocenters. The van der Waals surface area contributed by atoms with Gasteiger partial charge in [-0.25, -0.2) is 9.97 Å². The Morgan fingerprint density at radius 2 is 2.05 bits per heavy atom. The van der Waals surface area contributed by atoms with Crippen LogP contribution in [0.5, 0.6) is 5.88 Å². The molecule has 0 bridgehead atoms. The van der Waals surface area contributed by atoms with Crippen molar-refractivity contribution >= 4 is 5.82 Å². The first-order chi connectivity index (χ1) is 9.19. The van der Waals surface area contributed by atoms with Crippen LogP contribution in [0.15, 0.2) is 12.4 Å². The molecule has 0 unspecified atom stereocenters. The third-order valence-electron chi connectivity index (χ3n) is 3.29. The Labute approximate surface area is 115 Å². The fourth-order valence-corrected chi connectivity index (χ4v) is 2.61. The minimum absolute atomic E-state index is 0.375. The Morgan fingerprint density at radius 1 is 1.32 bits per heavy atom. The number of hydrogen-bond donors (Lipinski definition) is 0. The number of hydrogen-bond acceptors (Lipinski definition) is 4. The van der Waals surface area contributed by atoms with E-state index < -0.39 is 0 Å². The van der Waals surface area contributed by atoms with E-state index in [2.05, 4.69) is 40.6 Å². The van der Waals surface area contributed by atoms with E-state index in [1.54, 1.807) is 13.3 Å². The minimum Gasteiger partial charge on any atom is -0.464 e. The van der Waals surface area contributed by atoms with Crippen LogP contribution >= 0.6 is 0 Å². The number of aromatic nitrogens is 2. The molecule has 0 amide bonds. The van der Waals surface area contributed by atoms with E-state index in [0.717, 1.165) is 18.9 Å². The molecule has 0 aliphatic carbocycles. The monoisotopic (exact) mass is 259 g/mol. The zero-order valence-corrected chi connectivity index (χ0v) is 11.9. The van der Waals surface area contributed by atoms with Gasteiger partial charge < -0.3 is 9.64 Å². The molecule has 0 aromatic carbocycles. The second-order valence-corrected chi connectivity index (χ2v) is 5.28. The highest BCUT2D eigenvalue weighted by Crippen LogP contribution is 2.25. The quantitative estimate of drug-likeness (QED) is 0.781. The number of nitrogens with zero attached hydrogens (tertiary/aromatic N) is 3. The second-order valence-electron chi connectivity index (χ2n) is 5.28. The van der Waals surface area contributed by atoms with E-state index in [0.29, 0.717) is 24.3 Å². The predicted molar refractivity (Wildman–Crippen MR) is 76.1 cm³/mol. The number of ether oxygens (including phenoxy) is 1. The van der Waals surface area contributed by atoms with E-state index in [1.165, 1.54) is 6.42 Å². The third-order valence-corrected chi connectivity index (χ3v) is 3.29. The second kappa shape index (κ2) is 6.42. The average Bonchev–Trinajstić information content (AvgIpc) is 2.38. The van der Waals surface area contributed by atoms with Gasteiger partial charge in [0.05, 0.1) is 0 Å². The van der Waals surface area contributed by atoms with Gasteiger partial charge in [-0.15, -0.1) is 5.92 Å². The Bertz CT molecular complexity index is 468. The van der Waals surface area contributed by atoms with E-state index in [-0.39, 0.29) is 0 Å². The van der Waals surface area contributed by atoms with Gasteiger partial charge >= 0.3 is 0 Å². The Morgan fingerprint density at radius 3 is 2.74 bits per heavy atom. The molecule has 19 heavy (non-hydrogen) atoms. The predicted octanol–water partition coefficient (Wildman–Crippen LogP) is 2.36. The zero-order chi connectivity index (χ0) is 13.7. The highest BCUT2D eigenvalue weighted by atomic mass is 16.5. The van der Waals surface area contributed by atoms with Gasteiger partial charge in [-0.05, 0) is 25.2 Å². The van der Waals surface area contributed by atoms with Crippen LogP contribution in [0.1, 0.15) is 27.2 Å². The lowest BCUT2D eigenvalue weighted by molar-refractivity contribution is 0.347. The number of anilines is 1. The van der Waals surface area contributed by atoms with Crippen LogP contribution < -0.4 is 9.64 Å². The highest BCUT2D eigenvalue weighted by molar-refractivity contribution is 5.41. The molecule has 1 saturated heterocycles. The van der Waals surface area contributed by atoms with Crippen LogP contribution in [-0.4, -0.2) is 29.7 Å². The lowest BCUT2D eigenvalue weighted by Crippen LogP contribution is -2.39. The van der Waals surface area contributed by atoms with Crippen molar-refractivity contribution in [3.8, 4) is 17.7 Å². The summed E-state index contributed by atoms with van der Waals surface area (Å²) in [5.41, 5.74) is 0. The summed E-state index contributed by atoms with van der Waals surface area (Å²) >= 11 is 0. The number of rotatable bonds is 3. The first-order valence-corrected chi connectivity index (χ1v) is 6.78. The maximum Gasteiger partial charge on any atom is 0.219 e. The summed E-state index contributed by atoms with van der Waals surface area (Å²) in [5.74, 6) is 8.62. The lowest BCUT2D eigenvalue weighted by Gasteiger charge is -2.35. The molecule has 2 heterocycles. The summed E-state index contributed by atoms with van der Waals surface area (Å²) < 4.78 is 5.48. The van der Waals surface area contributed by atoms with Gasteiger partial charge in [0.2, 0.25) is 5.88 Å². The summed E-state index contributed by atoms with van der Waals surface area (Å²) in [5, 5.41) is 0. The molecule has 1 aromatic heterocycles. The Balaban J connectivity index is 2.06. The molecule has 4 nitrogen and oxygen atoms in total. The first-order valence-electron chi connectivity index (χ1n) is 6.78. The Hall–Kier alpha value is -1.76. The van der Waals surface area contributed by atoms with E-state index in [1.807, 2.05) is 6.07 Å². The summed E-state index contributed by atoms with van der Waals surface area (Å²) in [6.45, 7) is 8.85. The van der Waals surface area contributed by atoms with Gasteiger partial charge in [0.15, 0.2) is 6.61 Å². The van der Waals surface area contributed by atoms with Gasteiger partial charge in [0.25, 0.3) is 0 Å². The molecule has 1 aliphatic heterocycles.